The molecular formula is C14H15FN2O2. The third-order valence-electron chi connectivity index (χ3n) is 3.76. The number of halogens is 1. The Labute approximate surface area is 109 Å². The van der Waals surface area contributed by atoms with Crippen molar-refractivity contribution < 1.29 is 14.3 Å². The summed E-state index contributed by atoms with van der Waals surface area (Å²) in [6.07, 6.45) is 1.85. The van der Waals surface area contributed by atoms with Gasteiger partial charge < -0.3 is 15.4 Å². The van der Waals surface area contributed by atoms with Crippen molar-refractivity contribution in [2.24, 2.45) is 5.41 Å². The Hall–Kier alpha value is -2.04. The molecule has 1 aliphatic carbocycles. The maximum atomic E-state index is 13.6. The van der Waals surface area contributed by atoms with Gasteiger partial charge in [-0.05, 0) is 31.0 Å². The molecule has 0 radical (unpaired) electrons. The summed E-state index contributed by atoms with van der Waals surface area (Å²) in [7, 11) is 0. The molecule has 0 atom stereocenters. The van der Waals surface area contributed by atoms with Gasteiger partial charge in [-0.3, -0.25) is 4.79 Å². The SMILES string of the molecule is CC1(C(=O)NCc2cc3ccc(O)c(F)c3[nH]2)CC1. The molecule has 1 fully saturated rings. The first-order valence-corrected chi connectivity index (χ1v) is 6.27. The Morgan fingerprint density at radius 1 is 1.53 bits per heavy atom. The number of hydrogen-bond donors (Lipinski definition) is 3. The summed E-state index contributed by atoms with van der Waals surface area (Å²) < 4.78 is 13.6. The number of hydrogen-bond acceptors (Lipinski definition) is 2. The molecule has 1 aliphatic rings. The lowest BCUT2D eigenvalue weighted by atomic mass is 10.1. The number of nitrogens with one attached hydrogen (secondary N) is 2. The van der Waals surface area contributed by atoms with Crippen molar-refractivity contribution in [2.45, 2.75) is 26.3 Å². The van der Waals surface area contributed by atoms with Gasteiger partial charge in [0.1, 0.15) is 0 Å². The fourth-order valence-electron chi connectivity index (χ4n) is 2.11. The molecule has 2 aromatic rings. The molecule has 19 heavy (non-hydrogen) atoms. The molecule has 0 saturated heterocycles. The third-order valence-corrected chi connectivity index (χ3v) is 3.76. The Kier molecular flexibility index (Phi) is 2.52. The minimum absolute atomic E-state index is 0.0366. The number of H-pyrrole nitrogens is 1. The van der Waals surface area contributed by atoms with E-state index in [-0.39, 0.29) is 22.6 Å². The highest BCUT2D eigenvalue weighted by Crippen LogP contribution is 2.45. The van der Waals surface area contributed by atoms with Crippen molar-refractivity contribution in [3.8, 4) is 5.75 Å². The van der Waals surface area contributed by atoms with Gasteiger partial charge in [0.05, 0.1) is 12.1 Å². The summed E-state index contributed by atoms with van der Waals surface area (Å²) in [5.74, 6) is -1.01. The largest absolute Gasteiger partial charge is 0.505 e. The van der Waals surface area contributed by atoms with E-state index in [0.29, 0.717) is 11.9 Å². The van der Waals surface area contributed by atoms with Crippen LogP contribution in [-0.2, 0) is 11.3 Å². The zero-order valence-corrected chi connectivity index (χ0v) is 10.6. The average molecular weight is 262 g/mol. The van der Waals surface area contributed by atoms with Crippen LogP contribution in [-0.4, -0.2) is 16.0 Å². The van der Waals surface area contributed by atoms with Gasteiger partial charge in [0.2, 0.25) is 5.91 Å². The predicted octanol–water partition coefficient (Wildman–Crippen LogP) is 2.43. The van der Waals surface area contributed by atoms with Gasteiger partial charge in [0.25, 0.3) is 0 Å². The van der Waals surface area contributed by atoms with E-state index < -0.39 is 5.82 Å². The lowest BCUT2D eigenvalue weighted by molar-refractivity contribution is -0.125. The van der Waals surface area contributed by atoms with E-state index >= 15 is 0 Å². The van der Waals surface area contributed by atoms with Crippen molar-refractivity contribution in [1.82, 2.24) is 10.3 Å². The number of aromatic hydroxyl groups is 1. The zero-order valence-electron chi connectivity index (χ0n) is 10.6. The molecule has 0 bridgehead atoms. The summed E-state index contributed by atoms with van der Waals surface area (Å²) >= 11 is 0. The third kappa shape index (κ3) is 2.05. The second kappa shape index (κ2) is 3.98. The molecule has 5 heteroatoms. The number of aromatic amines is 1. The topological polar surface area (TPSA) is 65.1 Å². The minimum Gasteiger partial charge on any atom is -0.505 e. The van der Waals surface area contributed by atoms with Gasteiger partial charge in [-0.15, -0.1) is 0 Å². The highest BCUT2D eigenvalue weighted by molar-refractivity contribution is 5.85. The Morgan fingerprint density at radius 2 is 2.26 bits per heavy atom. The second-order valence-electron chi connectivity index (χ2n) is 5.40. The molecular weight excluding hydrogens is 247 g/mol. The number of rotatable bonds is 3. The number of carbonyl (C=O) groups is 1. The number of amides is 1. The summed E-state index contributed by atoms with van der Waals surface area (Å²) in [5.41, 5.74) is 0.772. The summed E-state index contributed by atoms with van der Waals surface area (Å²) in [5, 5.41) is 12.8. The first kappa shape index (κ1) is 12.0. The quantitative estimate of drug-likeness (QED) is 0.795. The molecule has 3 rings (SSSR count). The van der Waals surface area contributed by atoms with Crippen molar-refractivity contribution >= 4 is 16.8 Å². The molecule has 100 valence electrons. The molecule has 0 spiro atoms. The van der Waals surface area contributed by atoms with Crippen LogP contribution in [0.5, 0.6) is 5.75 Å². The number of phenolic OH excluding ortho intramolecular Hbond substituents is 1. The normalized spacial score (nSPS) is 16.5. The van der Waals surface area contributed by atoms with Crippen LogP contribution in [0.15, 0.2) is 18.2 Å². The van der Waals surface area contributed by atoms with Gasteiger partial charge in [-0.1, -0.05) is 6.92 Å². The maximum absolute atomic E-state index is 13.6. The lowest BCUT2D eigenvalue weighted by Crippen LogP contribution is -2.29. The summed E-state index contributed by atoms with van der Waals surface area (Å²) in [6.45, 7) is 2.27. The van der Waals surface area contributed by atoms with Crippen LogP contribution >= 0.6 is 0 Å². The van der Waals surface area contributed by atoms with E-state index in [4.69, 9.17) is 0 Å². The molecule has 1 heterocycles. The average Bonchev–Trinajstić information content (AvgIpc) is 3.00. The van der Waals surface area contributed by atoms with E-state index in [1.54, 1.807) is 12.1 Å². The lowest BCUT2D eigenvalue weighted by Gasteiger charge is -2.08. The molecule has 1 amide bonds. The molecule has 1 saturated carbocycles. The van der Waals surface area contributed by atoms with E-state index in [0.717, 1.165) is 18.5 Å². The van der Waals surface area contributed by atoms with Gasteiger partial charge in [-0.2, -0.15) is 0 Å². The van der Waals surface area contributed by atoms with Gasteiger partial charge in [0, 0.05) is 16.5 Å². The number of phenols is 1. The fourth-order valence-corrected chi connectivity index (χ4v) is 2.11. The Morgan fingerprint density at radius 3 is 2.95 bits per heavy atom. The van der Waals surface area contributed by atoms with Gasteiger partial charge in [-0.25, -0.2) is 4.39 Å². The van der Waals surface area contributed by atoms with Crippen LogP contribution in [0, 0.1) is 11.2 Å². The highest BCUT2D eigenvalue weighted by atomic mass is 19.1. The summed E-state index contributed by atoms with van der Waals surface area (Å²) in [4.78, 5) is 14.7. The number of carbonyl (C=O) groups excluding carboxylic acids is 1. The van der Waals surface area contributed by atoms with E-state index in [1.807, 2.05) is 6.92 Å². The molecule has 0 unspecified atom stereocenters. The number of aromatic nitrogens is 1. The number of fused-ring (bicyclic) bond motifs is 1. The van der Waals surface area contributed by atoms with Crippen molar-refractivity contribution in [1.29, 1.82) is 0 Å². The van der Waals surface area contributed by atoms with Crippen LogP contribution in [0.4, 0.5) is 4.39 Å². The molecule has 0 aliphatic heterocycles. The predicted molar refractivity (Wildman–Crippen MR) is 69.1 cm³/mol. The van der Waals surface area contributed by atoms with Crippen LogP contribution in [0.25, 0.3) is 10.9 Å². The molecule has 4 nitrogen and oxygen atoms in total. The first-order valence-electron chi connectivity index (χ1n) is 6.27. The Balaban J connectivity index is 1.78. The van der Waals surface area contributed by atoms with E-state index in [1.165, 1.54) is 6.07 Å². The monoisotopic (exact) mass is 262 g/mol. The zero-order chi connectivity index (χ0) is 13.6. The minimum atomic E-state index is -0.663. The number of benzene rings is 1. The Bertz CT molecular complexity index is 659. The maximum Gasteiger partial charge on any atom is 0.226 e. The van der Waals surface area contributed by atoms with Gasteiger partial charge >= 0.3 is 0 Å². The van der Waals surface area contributed by atoms with Crippen molar-refractivity contribution in [2.75, 3.05) is 0 Å². The van der Waals surface area contributed by atoms with Crippen molar-refractivity contribution in [3.63, 3.8) is 0 Å². The van der Waals surface area contributed by atoms with Crippen LogP contribution in [0.2, 0.25) is 0 Å². The molecule has 3 N–H and O–H groups in total. The second-order valence-corrected chi connectivity index (χ2v) is 5.40. The van der Waals surface area contributed by atoms with Crippen LogP contribution < -0.4 is 5.32 Å². The first-order chi connectivity index (χ1) is 8.99. The highest BCUT2D eigenvalue weighted by Gasteiger charge is 2.44. The van der Waals surface area contributed by atoms with Crippen LogP contribution in [0.3, 0.4) is 0 Å². The smallest absolute Gasteiger partial charge is 0.226 e. The molecule has 1 aromatic heterocycles. The van der Waals surface area contributed by atoms with Gasteiger partial charge in [0.15, 0.2) is 11.6 Å². The summed E-state index contributed by atoms with van der Waals surface area (Å²) in [6, 6.07) is 4.73. The van der Waals surface area contributed by atoms with E-state index in [2.05, 4.69) is 10.3 Å². The standard InChI is InChI=1S/C14H15FN2O2/c1-14(4-5-14)13(19)16-7-9-6-8-2-3-10(18)11(15)12(8)17-9/h2-3,6,17-18H,4-5,7H2,1H3,(H,16,19). The van der Waals surface area contributed by atoms with E-state index in [9.17, 15) is 14.3 Å². The van der Waals surface area contributed by atoms with Crippen LogP contribution in [0.1, 0.15) is 25.5 Å². The fraction of sp³-hybridized carbons (Fsp3) is 0.357. The van der Waals surface area contributed by atoms with Crippen molar-refractivity contribution in [3.05, 3.63) is 29.7 Å². The molecule has 1 aromatic carbocycles.